The number of aliphatic carboxylic acids is 2. The maximum Gasteiger partial charge on any atom is 0.333 e. The van der Waals surface area contributed by atoms with E-state index in [4.69, 9.17) is 14.9 Å². The minimum absolute atomic E-state index is 0.229. The molecule has 0 rings (SSSR count). The zero-order valence-corrected chi connectivity index (χ0v) is 9.10. The Labute approximate surface area is 92.5 Å². The fourth-order valence-corrected chi connectivity index (χ4v) is 1.01. The van der Waals surface area contributed by atoms with E-state index < -0.39 is 36.4 Å². The van der Waals surface area contributed by atoms with Gasteiger partial charge in [0.1, 0.15) is 6.10 Å². The number of carboxylic acid groups (broad SMARTS) is 2. The van der Waals surface area contributed by atoms with Crippen LogP contribution < -0.4 is 0 Å². The minimum Gasteiger partial charge on any atom is -0.481 e. The standard InChI is InChI=1S/C10H14O6/c1-5(2)9(13)6(3)16-7(10(14)15)4-8(11)12/h6-7H,1,4H2,2-3H3,(H,11,12)(H,14,15). The van der Waals surface area contributed by atoms with E-state index in [1.165, 1.54) is 13.8 Å². The fourth-order valence-electron chi connectivity index (χ4n) is 1.01. The molecule has 0 spiro atoms. The molecule has 0 saturated carbocycles. The van der Waals surface area contributed by atoms with Gasteiger partial charge in [-0.15, -0.1) is 0 Å². The Morgan fingerprint density at radius 2 is 1.81 bits per heavy atom. The molecule has 6 nitrogen and oxygen atoms in total. The molecule has 0 aliphatic heterocycles. The molecule has 16 heavy (non-hydrogen) atoms. The van der Waals surface area contributed by atoms with Crippen LogP contribution in [0.5, 0.6) is 0 Å². The summed E-state index contributed by atoms with van der Waals surface area (Å²) >= 11 is 0. The van der Waals surface area contributed by atoms with E-state index in [0.29, 0.717) is 0 Å². The van der Waals surface area contributed by atoms with Gasteiger partial charge in [0, 0.05) is 0 Å². The molecule has 0 saturated heterocycles. The Morgan fingerprint density at radius 3 is 2.12 bits per heavy atom. The predicted molar refractivity (Wildman–Crippen MR) is 54.0 cm³/mol. The Morgan fingerprint density at radius 1 is 1.31 bits per heavy atom. The third-order valence-corrected chi connectivity index (χ3v) is 1.79. The number of ketones is 1. The van der Waals surface area contributed by atoms with Crippen LogP contribution in [0.4, 0.5) is 0 Å². The van der Waals surface area contributed by atoms with Crippen LogP contribution >= 0.6 is 0 Å². The van der Waals surface area contributed by atoms with Crippen molar-refractivity contribution in [3.05, 3.63) is 12.2 Å². The summed E-state index contributed by atoms with van der Waals surface area (Å²) in [5, 5.41) is 17.1. The predicted octanol–water partition coefficient (Wildman–Crippen LogP) is 0.465. The van der Waals surface area contributed by atoms with Crippen molar-refractivity contribution in [2.24, 2.45) is 0 Å². The molecule has 0 aromatic heterocycles. The van der Waals surface area contributed by atoms with Crippen molar-refractivity contribution in [3.63, 3.8) is 0 Å². The maximum atomic E-state index is 11.3. The molecular weight excluding hydrogens is 216 g/mol. The lowest BCUT2D eigenvalue weighted by atomic mass is 10.1. The van der Waals surface area contributed by atoms with Crippen molar-refractivity contribution < 1.29 is 29.3 Å². The second-order valence-corrected chi connectivity index (χ2v) is 3.35. The molecule has 90 valence electrons. The lowest BCUT2D eigenvalue weighted by Crippen LogP contribution is -2.34. The van der Waals surface area contributed by atoms with Gasteiger partial charge in [0.15, 0.2) is 11.9 Å². The topological polar surface area (TPSA) is 101 Å². The summed E-state index contributed by atoms with van der Waals surface area (Å²) in [6, 6.07) is 0. The van der Waals surface area contributed by atoms with Gasteiger partial charge in [-0.25, -0.2) is 4.79 Å². The highest BCUT2D eigenvalue weighted by atomic mass is 16.5. The first-order valence-electron chi connectivity index (χ1n) is 4.55. The summed E-state index contributed by atoms with van der Waals surface area (Å²) in [4.78, 5) is 32.3. The first-order valence-corrected chi connectivity index (χ1v) is 4.55. The number of hydrogen-bond donors (Lipinski definition) is 2. The molecule has 2 atom stereocenters. The van der Waals surface area contributed by atoms with E-state index in [9.17, 15) is 14.4 Å². The molecule has 0 fully saturated rings. The van der Waals surface area contributed by atoms with Crippen molar-refractivity contribution in [2.75, 3.05) is 0 Å². The van der Waals surface area contributed by atoms with E-state index in [2.05, 4.69) is 6.58 Å². The SMILES string of the molecule is C=C(C)C(=O)C(C)OC(CC(=O)O)C(=O)O. The zero-order valence-electron chi connectivity index (χ0n) is 9.10. The normalized spacial score (nSPS) is 13.9. The third-order valence-electron chi connectivity index (χ3n) is 1.79. The Hall–Kier alpha value is -1.69. The van der Waals surface area contributed by atoms with Gasteiger partial charge in [0.25, 0.3) is 0 Å². The van der Waals surface area contributed by atoms with Crippen LogP contribution in [-0.2, 0) is 19.1 Å². The lowest BCUT2D eigenvalue weighted by Gasteiger charge is -2.16. The number of ether oxygens (including phenoxy) is 1. The quantitative estimate of drug-likeness (QED) is 0.616. The fraction of sp³-hybridized carbons (Fsp3) is 0.500. The second kappa shape index (κ2) is 6.02. The van der Waals surface area contributed by atoms with Gasteiger partial charge in [-0.1, -0.05) is 6.58 Å². The molecule has 0 aliphatic carbocycles. The Bertz CT molecular complexity index is 319. The molecule has 2 unspecified atom stereocenters. The smallest absolute Gasteiger partial charge is 0.333 e. The molecule has 0 aliphatic rings. The van der Waals surface area contributed by atoms with Gasteiger partial charge in [0.05, 0.1) is 6.42 Å². The number of carbonyl (C=O) groups is 3. The monoisotopic (exact) mass is 230 g/mol. The highest BCUT2D eigenvalue weighted by Gasteiger charge is 2.26. The number of carboxylic acids is 2. The van der Waals surface area contributed by atoms with Gasteiger partial charge in [-0.2, -0.15) is 0 Å². The van der Waals surface area contributed by atoms with Crippen molar-refractivity contribution in [2.45, 2.75) is 32.5 Å². The van der Waals surface area contributed by atoms with Crippen molar-refractivity contribution >= 4 is 17.7 Å². The molecule has 0 aromatic rings. The molecule has 0 radical (unpaired) electrons. The van der Waals surface area contributed by atoms with Crippen molar-refractivity contribution in [1.29, 1.82) is 0 Å². The maximum absolute atomic E-state index is 11.3. The van der Waals surface area contributed by atoms with Crippen LogP contribution in [0.2, 0.25) is 0 Å². The second-order valence-electron chi connectivity index (χ2n) is 3.35. The highest BCUT2D eigenvalue weighted by Crippen LogP contribution is 2.08. The van der Waals surface area contributed by atoms with Crippen LogP contribution in [0.25, 0.3) is 0 Å². The first kappa shape index (κ1) is 14.3. The molecule has 0 bridgehead atoms. The van der Waals surface area contributed by atoms with Crippen LogP contribution in [0.3, 0.4) is 0 Å². The van der Waals surface area contributed by atoms with E-state index in [0.717, 1.165) is 0 Å². The first-order chi connectivity index (χ1) is 7.25. The van der Waals surface area contributed by atoms with E-state index in [-0.39, 0.29) is 5.57 Å². The summed E-state index contributed by atoms with van der Waals surface area (Å²) in [5.74, 6) is -3.16. The molecule has 0 heterocycles. The minimum atomic E-state index is -1.53. The van der Waals surface area contributed by atoms with Crippen LogP contribution in [-0.4, -0.2) is 40.1 Å². The number of Topliss-reactive ketones (excluding diaryl/α,β-unsaturated/α-hetero) is 1. The van der Waals surface area contributed by atoms with Crippen LogP contribution in [0.1, 0.15) is 20.3 Å². The number of carbonyl (C=O) groups excluding carboxylic acids is 1. The summed E-state index contributed by atoms with van der Waals surface area (Å²) in [6.07, 6.45) is -3.24. The van der Waals surface area contributed by atoms with Crippen LogP contribution in [0, 0.1) is 0 Å². The Kier molecular flexibility index (Phi) is 5.38. The van der Waals surface area contributed by atoms with E-state index >= 15 is 0 Å². The average Bonchev–Trinajstić information content (AvgIpc) is 2.14. The number of hydrogen-bond acceptors (Lipinski definition) is 4. The largest absolute Gasteiger partial charge is 0.481 e. The molecule has 0 amide bonds. The van der Waals surface area contributed by atoms with Gasteiger partial charge in [0.2, 0.25) is 0 Å². The molecule has 0 aromatic carbocycles. The van der Waals surface area contributed by atoms with Gasteiger partial charge in [-0.3, -0.25) is 9.59 Å². The lowest BCUT2D eigenvalue weighted by molar-refractivity contribution is -0.162. The molecule has 2 N–H and O–H groups in total. The molecular formula is C10H14O6. The zero-order chi connectivity index (χ0) is 12.9. The van der Waals surface area contributed by atoms with E-state index in [1.54, 1.807) is 0 Å². The number of rotatable bonds is 7. The summed E-state index contributed by atoms with van der Waals surface area (Å²) in [7, 11) is 0. The van der Waals surface area contributed by atoms with Crippen molar-refractivity contribution in [3.8, 4) is 0 Å². The molecule has 6 heteroatoms. The van der Waals surface area contributed by atoms with Crippen LogP contribution in [0.15, 0.2) is 12.2 Å². The average molecular weight is 230 g/mol. The van der Waals surface area contributed by atoms with Gasteiger partial charge >= 0.3 is 11.9 Å². The van der Waals surface area contributed by atoms with Gasteiger partial charge in [-0.05, 0) is 19.4 Å². The summed E-state index contributed by atoms with van der Waals surface area (Å²) in [5.41, 5.74) is 0.229. The summed E-state index contributed by atoms with van der Waals surface area (Å²) in [6.45, 7) is 6.22. The third kappa shape index (κ3) is 4.70. The van der Waals surface area contributed by atoms with E-state index in [1.807, 2.05) is 0 Å². The highest BCUT2D eigenvalue weighted by molar-refractivity contribution is 5.97. The van der Waals surface area contributed by atoms with Gasteiger partial charge < -0.3 is 14.9 Å². The Balaban J connectivity index is 4.51. The van der Waals surface area contributed by atoms with Crippen molar-refractivity contribution in [1.82, 2.24) is 0 Å². The summed E-state index contributed by atoms with van der Waals surface area (Å²) < 4.78 is 4.86.